The van der Waals surface area contributed by atoms with Gasteiger partial charge in [0.15, 0.2) is 5.69 Å². The van der Waals surface area contributed by atoms with E-state index in [0.29, 0.717) is 16.3 Å². The molecule has 0 saturated heterocycles. The van der Waals surface area contributed by atoms with E-state index in [0.717, 1.165) is 6.07 Å². The molecule has 0 saturated carbocycles. The van der Waals surface area contributed by atoms with E-state index in [1.54, 1.807) is 6.07 Å². The van der Waals surface area contributed by atoms with Crippen LogP contribution >= 0.6 is 11.8 Å². The molecule has 0 bridgehead atoms. The molecule has 100 valence electrons. The number of thioether (sulfide) groups is 1. The van der Waals surface area contributed by atoms with E-state index in [2.05, 4.69) is 10.2 Å². The number of halogens is 2. The molecule has 0 spiro atoms. The van der Waals surface area contributed by atoms with Crippen molar-refractivity contribution in [1.29, 1.82) is 5.26 Å². The lowest BCUT2D eigenvalue weighted by molar-refractivity contribution is 0.581. The fraction of sp³-hybridized carbons (Fsp3) is 0.0769. The van der Waals surface area contributed by atoms with Crippen LogP contribution in [0.15, 0.2) is 40.5 Å². The number of hydrogen-bond donors (Lipinski definition) is 0. The fourth-order valence-electron chi connectivity index (χ4n) is 1.52. The second-order valence-corrected chi connectivity index (χ2v) is 4.78. The molecular formula is C13H7F2N3OS. The number of nitroso groups, excluding NO2 is 1. The Bertz CT molecular complexity index is 680. The van der Waals surface area contributed by atoms with Gasteiger partial charge in [-0.1, -0.05) is 0 Å². The molecule has 7 heteroatoms. The van der Waals surface area contributed by atoms with Crippen molar-refractivity contribution in [3.05, 3.63) is 58.1 Å². The fourth-order valence-corrected chi connectivity index (χ4v) is 2.32. The summed E-state index contributed by atoms with van der Waals surface area (Å²) in [5, 5.41) is 12.0. The maximum Gasteiger partial charge on any atom is 0.170 e. The highest BCUT2D eigenvalue weighted by Crippen LogP contribution is 2.25. The van der Waals surface area contributed by atoms with Gasteiger partial charge in [-0.25, -0.2) is 13.8 Å². The highest BCUT2D eigenvalue weighted by atomic mass is 32.2. The molecule has 4 nitrogen and oxygen atoms in total. The first-order valence-electron chi connectivity index (χ1n) is 5.44. The first kappa shape index (κ1) is 14.1. The number of rotatable bonds is 4. The van der Waals surface area contributed by atoms with E-state index < -0.39 is 11.6 Å². The van der Waals surface area contributed by atoms with E-state index >= 15 is 0 Å². The Morgan fingerprint density at radius 1 is 1.25 bits per heavy atom. The monoisotopic (exact) mass is 291 g/mol. The van der Waals surface area contributed by atoms with Crippen LogP contribution < -0.4 is 0 Å². The molecule has 0 aliphatic heterocycles. The van der Waals surface area contributed by atoms with Gasteiger partial charge >= 0.3 is 0 Å². The Balaban J connectivity index is 2.15. The zero-order valence-electron chi connectivity index (χ0n) is 10.0. The largest absolute Gasteiger partial charge is 0.228 e. The summed E-state index contributed by atoms with van der Waals surface area (Å²) in [5.74, 6) is -1.00. The SMILES string of the molecule is N#Cc1nc(SCc2cc(F)cc(F)c2)ccc1N=O. The van der Waals surface area contributed by atoms with Crippen LogP contribution in [0, 0.1) is 27.9 Å². The lowest BCUT2D eigenvalue weighted by atomic mass is 10.2. The molecule has 0 fully saturated rings. The van der Waals surface area contributed by atoms with Crippen LogP contribution in [0.25, 0.3) is 0 Å². The van der Waals surface area contributed by atoms with Crippen LogP contribution in [0.5, 0.6) is 0 Å². The van der Waals surface area contributed by atoms with Crippen molar-refractivity contribution in [3.63, 3.8) is 0 Å². The second-order valence-electron chi connectivity index (χ2n) is 3.79. The van der Waals surface area contributed by atoms with Crippen molar-refractivity contribution in [2.24, 2.45) is 5.18 Å². The van der Waals surface area contributed by atoms with E-state index in [1.165, 1.54) is 36.0 Å². The maximum atomic E-state index is 13.0. The summed E-state index contributed by atoms with van der Waals surface area (Å²) in [5.41, 5.74) is 0.356. The molecule has 0 amide bonds. The Hall–Kier alpha value is -2.33. The number of nitriles is 1. The third-order valence-electron chi connectivity index (χ3n) is 2.36. The van der Waals surface area contributed by atoms with Gasteiger partial charge in [0.05, 0.1) is 5.03 Å². The topological polar surface area (TPSA) is 66.1 Å². The second kappa shape index (κ2) is 6.21. The van der Waals surface area contributed by atoms with E-state index in [9.17, 15) is 13.7 Å². The summed E-state index contributed by atoms with van der Waals surface area (Å²) >= 11 is 1.20. The maximum absolute atomic E-state index is 13.0. The Morgan fingerprint density at radius 3 is 2.55 bits per heavy atom. The number of pyridine rings is 1. The molecular weight excluding hydrogens is 284 g/mol. The minimum absolute atomic E-state index is 0.0337. The summed E-state index contributed by atoms with van der Waals surface area (Å²) < 4.78 is 26.0. The molecule has 0 aliphatic rings. The van der Waals surface area contributed by atoms with Crippen molar-refractivity contribution >= 4 is 17.4 Å². The van der Waals surface area contributed by atoms with E-state index in [-0.39, 0.29) is 11.4 Å². The normalized spacial score (nSPS) is 10.1. The number of nitrogens with zero attached hydrogens (tertiary/aromatic N) is 3. The summed E-state index contributed by atoms with van der Waals surface area (Å²) in [6.45, 7) is 0. The number of hydrogen-bond acceptors (Lipinski definition) is 5. The third-order valence-corrected chi connectivity index (χ3v) is 3.36. The average molecular weight is 291 g/mol. The minimum atomic E-state index is -0.647. The molecule has 0 aliphatic carbocycles. The third kappa shape index (κ3) is 3.36. The Kier molecular flexibility index (Phi) is 4.38. The van der Waals surface area contributed by atoms with Crippen molar-refractivity contribution < 1.29 is 8.78 Å². The van der Waals surface area contributed by atoms with Crippen molar-refractivity contribution in [3.8, 4) is 6.07 Å². The molecule has 1 aromatic carbocycles. The van der Waals surface area contributed by atoms with Gasteiger partial charge in [0.1, 0.15) is 23.4 Å². The van der Waals surface area contributed by atoms with Crippen LogP contribution in [0.3, 0.4) is 0 Å². The van der Waals surface area contributed by atoms with Gasteiger partial charge in [-0.15, -0.1) is 16.7 Å². The zero-order chi connectivity index (χ0) is 14.5. The van der Waals surface area contributed by atoms with Crippen molar-refractivity contribution in [1.82, 2.24) is 4.98 Å². The molecule has 20 heavy (non-hydrogen) atoms. The van der Waals surface area contributed by atoms with Crippen molar-refractivity contribution in [2.75, 3.05) is 0 Å². The Labute approximate surface area is 117 Å². The van der Waals surface area contributed by atoms with Gasteiger partial charge in [-0.05, 0) is 35.0 Å². The molecule has 2 rings (SSSR count). The van der Waals surface area contributed by atoms with Crippen LogP contribution in [0.1, 0.15) is 11.3 Å². The van der Waals surface area contributed by atoms with E-state index in [1.807, 2.05) is 0 Å². The molecule has 1 aromatic heterocycles. The average Bonchev–Trinajstić information content (AvgIpc) is 2.43. The zero-order valence-corrected chi connectivity index (χ0v) is 10.8. The van der Waals surface area contributed by atoms with Crippen LogP contribution in [-0.2, 0) is 5.75 Å². The number of benzene rings is 1. The lowest BCUT2D eigenvalue weighted by Crippen LogP contribution is -1.89. The Morgan fingerprint density at radius 2 is 1.95 bits per heavy atom. The predicted octanol–water partition coefficient (Wildman–Crippen LogP) is 3.92. The molecule has 0 N–H and O–H groups in total. The highest BCUT2D eigenvalue weighted by molar-refractivity contribution is 7.98. The van der Waals surface area contributed by atoms with Gasteiger partial charge in [-0.3, -0.25) is 0 Å². The van der Waals surface area contributed by atoms with Crippen molar-refractivity contribution in [2.45, 2.75) is 10.8 Å². The predicted molar refractivity (Wildman–Crippen MR) is 70.3 cm³/mol. The minimum Gasteiger partial charge on any atom is -0.228 e. The summed E-state index contributed by atoms with van der Waals surface area (Å²) in [4.78, 5) is 14.4. The van der Waals surface area contributed by atoms with Crippen LogP contribution in [-0.4, -0.2) is 4.98 Å². The van der Waals surface area contributed by atoms with Gasteiger partial charge in [0, 0.05) is 11.8 Å². The number of aromatic nitrogens is 1. The molecule has 2 aromatic rings. The lowest BCUT2D eigenvalue weighted by Gasteiger charge is -2.03. The molecule has 1 heterocycles. The van der Waals surface area contributed by atoms with Gasteiger partial charge in [0.2, 0.25) is 0 Å². The van der Waals surface area contributed by atoms with Crippen LogP contribution in [0.2, 0.25) is 0 Å². The van der Waals surface area contributed by atoms with E-state index in [4.69, 9.17) is 5.26 Å². The molecule has 0 radical (unpaired) electrons. The molecule has 0 unspecified atom stereocenters. The highest BCUT2D eigenvalue weighted by Gasteiger charge is 2.07. The quantitative estimate of drug-likeness (QED) is 0.632. The summed E-state index contributed by atoms with van der Waals surface area (Å²) in [6.07, 6.45) is 0. The smallest absolute Gasteiger partial charge is 0.170 e. The standard InChI is InChI=1S/C13H7F2N3OS/c14-9-3-8(4-10(15)5-9)7-20-13-2-1-11(18-19)12(6-16)17-13/h1-5H,7H2. The van der Waals surface area contributed by atoms with Gasteiger partial charge < -0.3 is 0 Å². The summed E-state index contributed by atoms with van der Waals surface area (Å²) in [7, 11) is 0. The van der Waals surface area contributed by atoms with Crippen LogP contribution in [0.4, 0.5) is 14.5 Å². The first-order valence-corrected chi connectivity index (χ1v) is 6.43. The van der Waals surface area contributed by atoms with Gasteiger partial charge in [0.25, 0.3) is 0 Å². The molecule has 0 atom stereocenters. The first-order chi connectivity index (χ1) is 9.62. The summed E-state index contributed by atoms with van der Waals surface area (Å²) in [6, 6.07) is 7.92. The van der Waals surface area contributed by atoms with Gasteiger partial charge in [-0.2, -0.15) is 5.26 Å².